The van der Waals surface area contributed by atoms with E-state index in [1.54, 1.807) is 24.3 Å². The molecule has 1 spiro atoms. The molecule has 1 saturated carbocycles. The molecule has 1 aliphatic heterocycles. The monoisotopic (exact) mass is 430 g/mol. The summed E-state index contributed by atoms with van der Waals surface area (Å²) in [6.45, 7) is 7.24. The largest absolute Gasteiger partial charge is 0.489 e. The molecular formula is C23H30N2O6. The van der Waals surface area contributed by atoms with Crippen molar-refractivity contribution >= 4 is 23.7 Å². The van der Waals surface area contributed by atoms with Gasteiger partial charge in [-0.25, -0.2) is 4.79 Å². The Morgan fingerprint density at radius 1 is 1.16 bits per heavy atom. The lowest BCUT2D eigenvalue weighted by Gasteiger charge is -2.43. The molecule has 2 fully saturated rings. The number of benzene rings is 1. The summed E-state index contributed by atoms with van der Waals surface area (Å²) in [7, 11) is 0. The lowest BCUT2D eigenvalue weighted by Crippen LogP contribution is -2.54. The maximum atomic E-state index is 13.1. The van der Waals surface area contributed by atoms with Gasteiger partial charge in [-0.05, 0) is 49.7 Å². The number of nitrogens with one attached hydrogen (secondary N) is 1. The number of rotatable bonds is 7. The average molecular weight is 431 g/mol. The zero-order valence-electron chi connectivity index (χ0n) is 18.5. The van der Waals surface area contributed by atoms with Gasteiger partial charge in [-0.3, -0.25) is 19.3 Å². The van der Waals surface area contributed by atoms with Crippen LogP contribution in [0.25, 0.3) is 0 Å². The second-order valence-corrected chi connectivity index (χ2v) is 9.38. The molecule has 8 heteroatoms. The predicted octanol–water partition coefficient (Wildman–Crippen LogP) is 2.95. The summed E-state index contributed by atoms with van der Waals surface area (Å²) in [6, 6.07) is 6.25. The zero-order valence-corrected chi connectivity index (χ0v) is 18.5. The number of carbonyl (C=O) groups is 4. The number of esters is 1. The molecule has 3 amide bonds. The molecule has 1 heterocycles. The number of imide groups is 1. The fraction of sp³-hybridized carbons (Fsp3) is 0.565. The highest BCUT2D eigenvalue weighted by atomic mass is 16.6. The van der Waals surface area contributed by atoms with Gasteiger partial charge in [0.25, 0.3) is 5.91 Å². The Hall–Kier alpha value is -2.90. The molecule has 31 heavy (non-hydrogen) atoms. The third-order valence-corrected chi connectivity index (χ3v) is 5.78. The molecule has 1 aromatic rings. The number of ketones is 1. The molecule has 2 unspecified atom stereocenters. The predicted molar refractivity (Wildman–Crippen MR) is 113 cm³/mol. The number of ether oxygens (including phenoxy) is 2. The van der Waals surface area contributed by atoms with Crippen LogP contribution < -0.4 is 10.1 Å². The molecule has 3 rings (SSSR count). The van der Waals surface area contributed by atoms with Gasteiger partial charge in [0.1, 0.15) is 31.0 Å². The molecule has 0 aromatic heterocycles. The summed E-state index contributed by atoms with van der Waals surface area (Å²) in [4.78, 5) is 50.3. The quantitative estimate of drug-likeness (QED) is 0.309. The Morgan fingerprint density at radius 2 is 1.87 bits per heavy atom. The van der Waals surface area contributed by atoms with E-state index in [0.29, 0.717) is 24.2 Å². The molecule has 1 saturated heterocycles. The van der Waals surface area contributed by atoms with E-state index in [9.17, 15) is 19.2 Å². The highest BCUT2D eigenvalue weighted by Crippen LogP contribution is 2.46. The van der Waals surface area contributed by atoms with E-state index in [-0.39, 0.29) is 36.2 Å². The Kier molecular flexibility index (Phi) is 6.38. The van der Waals surface area contributed by atoms with Crippen LogP contribution in [-0.4, -0.2) is 53.9 Å². The smallest absolute Gasteiger partial charge is 0.326 e. The van der Waals surface area contributed by atoms with Gasteiger partial charge in [-0.2, -0.15) is 0 Å². The third-order valence-electron chi connectivity index (χ3n) is 5.78. The minimum absolute atomic E-state index is 0.0474. The third kappa shape index (κ3) is 5.06. The van der Waals surface area contributed by atoms with Crippen molar-refractivity contribution in [2.45, 2.75) is 52.5 Å². The van der Waals surface area contributed by atoms with Crippen molar-refractivity contribution in [1.29, 1.82) is 0 Å². The molecule has 2 aliphatic rings. The lowest BCUT2D eigenvalue weighted by molar-refractivity contribution is -0.149. The van der Waals surface area contributed by atoms with E-state index in [0.717, 1.165) is 11.3 Å². The Morgan fingerprint density at radius 3 is 2.55 bits per heavy atom. The van der Waals surface area contributed by atoms with Gasteiger partial charge in [0.05, 0.1) is 5.56 Å². The number of carbonyl (C=O) groups excluding carboxylic acids is 4. The average Bonchev–Trinajstić information content (AvgIpc) is 2.87. The number of para-hydroxylation sites is 1. The zero-order chi connectivity index (χ0) is 22.8. The molecular weight excluding hydrogens is 400 g/mol. The van der Waals surface area contributed by atoms with E-state index in [2.05, 4.69) is 26.1 Å². The van der Waals surface area contributed by atoms with Crippen molar-refractivity contribution in [2.24, 2.45) is 11.3 Å². The summed E-state index contributed by atoms with van der Waals surface area (Å²) >= 11 is 0. The normalized spacial score (nSPS) is 24.8. The van der Waals surface area contributed by atoms with Gasteiger partial charge in [-0.1, -0.05) is 32.9 Å². The van der Waals surface area contributed by atoms with Crippen LogP contribution in [0.1, 0.15) is 57.3 Å². The van der Waals surface area contributed by atoms with Crippen molar-refractivity contribution in [3.63, 3.8) is 0 Å². The fourth-order valence-corrected chi connectivity index (χ4v) is 5.01. The molecule has 0 radical (unpaired) electrons. The molecule has 2 atom stereocenters. The topological polar surface area (TPSA) is 102 Å². The number of hydrogen-bond donors (Lipinski definition) is 1. The van der Waals surface area contributed by atoms with Crippen LogP contribution in [0.15, 0.2) is 24.3 Å². The first-order valence-corrected chi connectivity index (χ1v) is 10.6. The highest BCUT2D eigenvalue weighted by Gasteiger charge is 2.56. The number of hydrogen-bond acceptors (Lipinski definition) is 6. The molecule has 1 N–H and O–H groups in total. The minimum Gasteiger partial charge on any atom is -0.489 e. The first-order valence-electron chi connectivity index (χ1n) is 10.6. The van der Waals surface area contributed by atoms with E-state index in [4.69, 9.17) is 9.47 Å². The second-order valence-electron chi connectivity index (χ2n) is 9.38. The Bertz CT molecular complexity index is 896. The van der Waals surface area contributed by atoms with Gasteiger partial charge in [0, 0.05) is 0 Å². The standard InChI is InChI=1S/C23H30N2O6/c1-15-11-22(3,4)14-23(12-15)20(28)25(21(29)24-23)13-19(27)31-10-9-30-18-8-6-5-7-17(18)16(2)26/h5-8,15H,9-14H2,1-4H3,(H,24,29). The number of amides is 3. The lowest BCUT2D eigenvalue weighted by atomic mass is 9.64. The summed E-state index contributed by atoms with van der Waals surface area (Å²) < 4.78 is 10.7. The van der Waals surface area contributed by atoms with Gasteiger partial charge in [0.2, 0.25) is 0 Å². The van der Waals surface area contributed by atoms with Crippen LogP contribution in [0.4, 0.5) is 4.79 Å². The van der Waals surface area contributed by atoms with E-state index >= 15 is 0 Å². The fourth-order valence-electron chi connectivity index (χ4n) is 5.01. The summed E-state index contributed by atoms with van der Waals surface area (Å²) in [5, 5.41) is 2.84. The van der Waals surface area contributed by atoms with Crippen LogP contribution in [0.5, 0.6) is 5.75 Å². The molecule has 1 aliphatic carbocycles. The highest BCUT2D eigenvalue weighted by molar-refractivity contribution is 6.08. The molecule has 168 valence electrons. The molecule has 1 aromatic carbocycles. The van der Waals surface area contributed by atoms with Crippen LogP contribution in [0.2, 0.25) is 0 Å². The van der Waals surface area contributed by atoms with E-state index < -0.39 is 24.1 Å². The summed E-state index contributed by atoms with van der Waals surface area (Å²) in [6.07, 6.45) is 2.09. The van der Waals surface area contributed by atoms with Crippen LogP contribution in [-0.2, 0) is 14.3 Å². The van der Waals surface area contributed by atoms with E-state index in [1.165, 1.54) is 6.92 Å². The summed E-state index contributed by atoms with van der Waals surface area (Å²) in [5.41, 5.74) is -0.578. The van der Waals surface area contributed by atoms with Gasteiger partial charge < -0.3 is 14.8 Å². The van der Waals surface area contributed by atoms with Crippen molar-refractivity contribution in [2.75, 3.05) is 19.8 Å². The van der Waals surface area contributed by atoms with Gasteiger partial charge in [-0.15, -0.1) is 0 Å². The number of urea groups is 1. The number of Topliss-reactive ketones (excluding diaryl/α,β-unsaturated/α-hetero) is 1. The van der Waals surface area contributed by atoms with Gasteiger partial charge >= 0.3 is 12.0 Å². The second kappa shape index (κ2) is 8.69. The van der Waals surface area contributed by atoms with Crippen LogP contribution in [0, 0.1) is 11.3 Å². The van der Waals surface area contributed by atoms with Crippen LogP contribution in [0.3, 0.4) is 0 Å². The molecule has 0 bridgehead atoms. The van der Waals surface area contributed by atoms with Crippen molar-refractivity contribution < 1.29 is 28.7 Å². The Labute approximate surface area is 182 Å². The number of nitrogens with zero attached hydrogens (tertiary/aromatic N) is 1. The van der Waals surface area contributed by atoms with Gasteiger partial charge in [0.15, 0.2) is 5.78 Å². The van der Waals surface area contributed by atoms with Crippen molar-refractivity contribution in [3.05, 3.63) is 29.8 Å². The summed E-state index contributed by atoms with van der Waals surface area (Å²) in [5.74, 6) is -0.473. The van der Waals surface area contributed by atoms with Crippen LogP contribution >= 0.6 is 0 Å². The first-order chi connectivity index (χ1) is 14.5. The van der Waals surface area contributed by atoms with E-state index in [1.807, 2.05) is 0 Å². The van der Waals surface area contributed by atoms with Crippen molar-refractivity contribution in [1.82, 2.24) is 10.2 Å². The maximum Gasteiger partial charge on any atom is 0.326 e. The Balaban J connectivity index is 1.52. The first kappa shape index (κ1) is 22.8. The maximum absolute atomic E-state index is 13.1. The molecule has 8 nitrogen and oxygen atoms in total. The minimum atomic E-state index is -0.946. The van der Waals surface area contributed by atoms with Crippen molar-refractivity contribution in [3.8, 4) is 5.75 Å². The SMILES string of the molecule is CC(=O)c1ccccc1OCCOC(=O)CN1C(=O)NC2(CC(C)CC(C)(C)C2)C1=O.